The second-order valence-corrected chi connectivity index (χ2v) is 8.38. The van der Waals surface area contributed by atoms with Crippen LogP contribution in [0, 0.1) is 26.6 Å². The van der Waals surface area contributed by atoms with Gasteiger partial charge in [0.05, 0.1) is 34.4 Å². The minimum Gasteiger partial charge on any atom is -0.322 e. The van der Waals surface area contributed by atoms with Crippen LogP contribution in [0.25, 0.3) is 27.8 Å². The number of nitrogens with zero attached hydrogens (tertiary/aromatic N) is 3. The number of rotatable bonds is 4. The van der Waals surface area contributed by atoms with Crippen LogP contribution in [0.2, 0.25) is 0 Å². The molecule has 168 valence electrons. The first-order valence-corrected chi connectivity index (χ1v) is 11.0. The monoisotopic (exact) mass is 450 g/mol. The molecule has 1 amide bonds. The lowest BCUT2D eigenvalue weighted by Gasteiger charge is -2.13. The highest BCUT2D eigenvalue weighted by Crippen LogP contribution is 2.29. The van der Waals surface area contributed by atoms with Crippen molar-refractivity contribution < 1.29 is 9.18 Å². The van der Waals surface area contributed by atoms with Gasteiger partial charge in [-0.25, -0.2) is 14.1 Å². The standard InChI is InChI=1S/C28H23FN4O/c1-17-8-9-18(2)26(14-17)32-28(34)23-15-27(31-25-7-5-4-6-22(23)25)24-16-30-33(19(24)3)21-12-10-20(29)11-13-21/h4-16H,1-3H3,(H,32,34). The van der Waals surface area contributed by atoms with Crippen LogP contribution in [0.5, 0.6) is 0 Å². The summed E-state index contributed by atoms with van der Waals surface area (Å²) >= 11 is 0. The molecule has 0 aliphatic carbocycles. The van der Waals surface area contributed by atoms with E-state index >= 15 is 0 Å². The van der Waals surface area contributed by atoms with Gasteiger partial charge in [-0.15, -0.1) is 0 Å². The molecular weight excluding hydrogens is 427 g/mol. The molecule has 2 heterocycles. The zero-order valence-electron chi connectivity index (χ0n) is 19.1. The van der Waals surface area contributed by atoms with Gasteiger partial charge in [0.2, 0.25) is 0 Å². The van der Waals surface area contributed by atoms with E-state index in [9.17, 15) is 9.18 Å². The van der Waals surface area contributed by atoms with Gasteiger partial charge < -0.3 is 5.32 Å². The van der Waals surface area contributed by atoms with Gasteiger partial charge in [-0.1, -0.05) is 30.3 Å². The number of halogens is 1. The Morgan fingerprint density at radius 1 is 0.941 bits per heavy atom. The van der Waals surface area contributed by atoms with Crippen molar-refractivity contribution in [3.05, 3.63) is 107 Å². The molecule has 0 atom stereocenters. The Morgan fingerprint density at radius 2 is 1.71 bits per heavy atom. The lowest BCUT2D eigenvalue weighted by molar-refractivity contribution is 0.102. The zero-order chi connectivity index (χ0) is 23.8. The van der Waals surface area contributed by atoms with Gasteiger partial charge in [0.25, 0.3) is 5.91 Å². The van der Waals surface area contributed by atoms with Crippen LogP contribution >= 0.6 is 0 Å². The number of hydrogen-bond acceptors (Lipinski definition) is 3. The fourth-order valence-corrected chi connectivity index (χ4v) is 4.07. The molecule has 1 N–H and O–H groups in total. The lowest BCUT2D eigenvalue weighted by atomic mass is 10.0. The third-order valence-electron chi connectivity index (χ3n) is 5.96. The van der Waals surface area contributed by atoms with Crippen molar-refractivity contribution >= 4 is 22.5 Å². The Hall–Kier alpha value is -4.32. The highest BCUT2D eigenvalue weighted by Gasteiger charge is 2.18. The maximum Gasteiger partial charge on any atom is 0.256 e. The van der Waals surface area contributed by atoms with Crippen molar-refractivity contribution in [1.29, 1.82) is 0 Å². The number of hydrogen-bond donors (Lipinski definition) is 1. The van der Waals surface area contributed by atoms with Crippen LogP contribution < -0.4 is 5.32 Å². The molecule has 0 spiro atoms. The highest BCUT2D eigenvalue weighted by molar-refractivity contribution is 6.13. The molecule has 34 heavy (non-hydrogen) atoms. The first-order valence-electron chi connectivity index (χ1n) is 11.0. The van der Waals surface area contributed by atoms with Crippen molar-refractivity contribution in [2.24, 2.45) is 0 Å². The van der Waals surface area contributed by atoms with Crippen LogP contribution in [0.4, 0.5) is 10.1 Å². The summed E-state index contributed by atoms with van der Waals surface area (Å²) in [5.41, 5.74) is 7.16. The van der Waals surface area contributed by atoms with Crippen LogP contribution in [0.15, 0.2) is 79.0 Å². The molecule has 0 bridgehead atoms. The van der Waals surface area contributed by atoms with Gasteiger partial charge in [0, 0.05) is 16.6 Å². The summed E-state index contributed by atoms with van der Waals surface area (Å²) in [4.78, 5) is 18.2. The fourth-order valence-electron chi connectivity index (χ4n) is 4.07. The number of nitrogens with one attached hydrogen (secondary N) is 1. The first kappa shape index (κ1) is 21.5. The molecular formula is C28H23FN4O. The number of amides is 1. The van der Waals surface area contributed by atoms with Crippen LogP contribution in [-0.4, -0.2) is 20.7 Å². The number of aromatic nitrogens is 3. The molecule has 5 nitrogen and oxygen atoms in total. The van der Waals surface area contributed by atoms with Crippen LogP contribution in [0.3, 0.4) is 0 Å². The first-order chi connectivity index (χ1) is 16.4. The third-order valence-corrected chi connectivity index (χ3v) is 5.96. The van der Waals surface area contributed by atoms with E-state index in [0.29, 0.717) is 11.3 Å². The maximum atomic E-state index is 13.4. The topological polar surface area (TPSA) is 59.8 Å². The van der Waals surface area contributed by atoms with Crippen molar-refractivity contribution in [2.75, 3.05) is 5.32 Å². The molecule has 0 unspecified atom stereocenters. The smallest absolute Gasteiger partial charge is 0.256 e. The number of benzene rings is 3. The molecule has 3 aromatic carbocycles. The van der Waals surface area contributed by atoms with Gasteiger partial charge in [-0.2, -0.15) is 5.10 Å². The predicted octanol–water partition coefficient (Wildman–Crippen LogP) is 6.40. The molecule has 0 saturated heterocycles. The summed E-state index contributed by atoms with van der Waals surface area (Å²) in [6.45, 7) is 5.90. The Kier molecular flexibility index (Phi) is 5.42. The minimum atomic E-state index is -0.301. The molecule has 5 rings (SSSR count). The number of aryl methyl sites for hydroxylation is 2. The number of anilines is 1. The number of carbonyl (C=O) groups is 1. The van der Waals surface area contributed by atoms with Crippen molar-refractivity contribution in [1.82, 2.24) is 14.8 Å². The molecule has 2 aromatic heterocycles. The molecule has 0 fully saturated rings. The van der Waals surface area contributed by atoms with E-state index in [1.807, 2.05) is 69.3 Å². The van der Waals surface area contributed by atoms with E-state index in [-0.39, 0.29) is 11.7 Å². The third kappa shape index (κ3) is 3.94. The SMILES string of the molecule is Cc1ccc(C)c(NC(=O)c2cc(-c3cnn(-c4ccc(F)cc4)c3C)nc3ccccc23)c1. The van der Waals surface area contributed by atoms with Crippen molar-refractivity contribution in [3.8, 4) is 16.9 Å². The van der Waals surface area contributed by atoms with E-state index in [1.165, 1.54) is 12.1 Å². The van der Waals surface area contributed by atoms with Gasteiger partial charge >= 0.3 is 0 Å². The lowest BCUT2D eigenvalue weighted by Crippen LogP contribution is -2.14. The van der Waals surface area contributed by atoms with E-state index in [4.69, 9.17) is 4.98 Å². The van der Waals surface area contributed by atoms with Gasteiger partial charge in [-0.05, 0) is 74.4 Å². The minimum absolute atomic E-state index is 0.197. The molecule has 0 saturated carbocycles. The van der Waals surface area contributed by atoms with E-state index < -0.39 is 0 Å². The van der Waals surface area contributed by atoms with Crippen LogP contribution in [0.1, 0.15) is 27.2 Å². The van der Waals surface area contributed by atoms with Gasteiger partial charge in [0.1, 0.15) is 5.82 Å². The Balaban J connectivity index is 1.60. The number of para-hydroxylation sites is 1. The van der Waals surface area contributed by atoms with Crippen molar-refractivity contribution in [2.45, 2.75) is 20.8 Å². The summed E-state index contributed by atoms with van der Waals surface area (Å²) in [7, 11) is 0. The summed E-state index contributed by atoms with van der Waals surface area (Å²) < 4.78 is 15.1. The summed E-state index contributed by atoms with van der Waals surface area (Å²) in [5, 5.41) is 8.33. The average Bonchev–Trinajstić information content (AvgIpc) is 3.22. The Labute approximate surface area is 196 Å². The maximum absolute atomic E-state index is 13.4. The fraction of sp³-hybridized carbons (Fsp3) is 0.107. The van der Waals surface area contributed by atoms with E-state index in [0.717, 1.165) is 44.7 Å². The molecule has 5 aromatic rings. The highest BCUT2D eigenvalue weighted by atomic mass is 19.1. The summed E-state index contributed by atoms with van der Waals surface area (Å²) in [6, 6.07) is 21.5. The Bertz CT molecular complexity index is 1540. The Morgan fingerprint density at radius 3 is 2.50 bits per heavy atom. The number of carbonyl (C=O) groups excluding carboxylic acids is 1. The zero-order valence-corrected chi connectivity index (χ0v) is 19.1. The normalized spacial score (nSPS) is 11.1. The number of pyridine rings is 1. The second kappa shape index (κ2) is 8.56. The quantitative estimate of drug-likeness (QED) is 0.344. The summed E-state index contributed by atoms with van der Waals surface area (Å²) in [6.07, 6.45) is 1.72. The van der Waals surface area contributed by atoms with Gasteiger partial charge in [0.15, 0.2) is 0 Å². The largest absolute Gasteiger partial charge is 0.322 e. The molecule has 0 aliphatic heterocycles. The van der Waals surface area contributed by atoms with Crippen LogP contribution in [-0.2, 0) is 0 Å². The van der Waals surface area contributed by atoms with E-state index in [1.54, 1.807) is 23.0 Å². The summed E-state index contributed by atoms with van der Waals surface area (Å²) in [5.74, 6) is -0.499. The molecule has 0 radical (unpaired) electrons. The molecule has 6 heteroatoms. The average molecular weight is 451 g/mol. The molecule has 0 aliphatic rings. The van der Waals surface area contributed by atoms with E-state index in [2.05, 4.69) is 10.4 Å². The van der Waals surface area contributed by atoms with Crippen molar-refractivity contribution in [3.63, 3.8) is 0 Å². The number of fused-ring (bicyclic) bond motifs is 1. The van der Waals surface area contributed by atoms with Gasteiger partial charge in [-0.3, -0.25) is 4.79 Å². The second-order valence-electron chi connectivity index (χ2n) is 8.38. The predicted molar refractivity (Wildman–Crippen MR) is 133 cm³/mol.